The normalized spacial score (nSPS) is 18.7. The maximum Gasteiger partial charge on any atom is 0.223 e. The molecule has 1 fully saturated rings. The second-order valence-electron chi connectivity index (χ2n) is 4.80. The third-order valence-electron chi connectivity index (χ3n) is 3.59. The molecule has 18 heavy (non-hydrogen) atoms. The van der Waals surface area contributed by atoms with Gasteiger partial charge in [0.15, 0.2) is 0 Å². The molecule has 94 valence electrons. The SMILES string of the molecule is Cc1ccccc1CCC(=O)N1CCCC1C#N. The average Bonchev–Trinajstić information content (AvgIpc) is 2.86. The largest absolute Gasteiger partial charge is 0.327 e. The Hall–Kier alpha value is -1.82. The van der Waals surface area contributed by atoms with Crippen molar-refractivity contribution >= 4 is 5.91 Å². The summed E-state index contributed by atoms with van der Waals surface area (Å²) in [5.41, 5.74) is 2.45. The van der Waals surface area contributed by atoms with Crippen molar-refractivity contribution in [2.45, 2.75) is 38.6 Å². The number of amides is 1. The van der Waals surface area contributed by atoms with Crippen molar-refractivity contribution in [3.05, 3.63) is 35.4 Å². The van der Waals surface area contributed by atoms with Crippen LogP contribution in [0.5, 0.6) is 0 Å². The lowest BCUT2D eigenvalue weighted by atomic mass is 10.0. The van der Waals surface area contributed by atoms with Crippen LogP contribution in [0.25, 0.3) is 0 Å². The first-order valence-corrected chi connectivity index (χ1v) is 6.46. The summed E-state index contributed by atoms with van der Waals surface area (Å²) >= 11 is 0. The molecule has 1 amide bonds. The number of rotatable bonds is 3. The highest BCUT2D eigenvalue weighted by atomic mass is 16.2. The summed E-state index contributed by atoms with van der Waals surface area (Å²) in [7, 11) is 0. The molecule has 1 heterocycles. The van der Waals surface area contributed by atoms with Crippen LogP contribution in [-0.2, 0) is 11.2 Å². The van der Waals surface area contributed by atoms with Crippen molar-refractivity contribution in [3.63, 3.8) is 0 Å². The van der Waals surface area contributed by atoms with Crippen LogP contribution in [0.2, 0.25) is 0 Å². The molecule has 2 rings (SSSR count). The quantitative estimate of drug-likeness (QED) is 0.817. The molecule has 1 aliphatic rings. The van der Waals surface area contributed by atoms with Crippen molar-refractivity contribution in [1.29, 1.82) is 5.26 Å². The Morgan fingerprint density at radius 3 is 3.00 bits per heavy atom. The van der Waals surface area contributed by atoms with Crippen LogP contribution in [0.15, 0.2) is 24.3 Å². The molecule has 0 aliphatic carbocycles. The molecule has 0 spiro atoms. The van der Waals surface area contributed by atoms with Crippen molar-refractivity contribution < 1.29 is 4.79 Å². The van der Waals surface area contributed by atoms with Gasteiger partial charge in [0.25, 0.3) is 0 Å². The molecule has 3 heteroatoms. The Morgan fingerprint density at radius 2 is 2.28 bits per heavy atom. The third kappa shape index (κ3) is 2.70. The molecule has 0 radical (unpaired) electrons. The summed E-state index contributed by atoms with van der Waals surface area (Å²) in [4.78, 5) is 13.8. The van der Waals surface area contributed by atoms with Crippen LogP contribution in [-0.4, -0.2) is 23.4 Å². The van der Waals surface area contributed by atoms with Crippen LogP contribution in [0, 0.1) is 18.3 Å². The van der Waals surface area contributed by atoms with Crippen LogP contribution < -0.4 is 0 Å². The number of benzene rings is 1. The molecule has 1 atom stereocenters. The van der Waals surface area contributed by atoms with E-state index in [0.29, 0.717) is 6.42 Å². The number of carbonyl (C=O) groups excluding carboxylic acids is 1. The van der Waals surface area contributed by atoms with Crippen LogP contribution >= 0.6 is 0 Å². The van der Waals surface area contributed by atoms with Crippen molar-refractivity contribution in [2.75, 3.05) is 6.54 Å². The number of nitriles is 1. The van der Waals surface area contributed by atoms with Crippen molar-refractivity contribution in [1.82, 2.24) is 4.90 Å². The smallest absolute Gasteiger partial charge is 0.223 e. The lowest BCUT2D eigenvalue weighted by Crippen LogP contribution is -2.34. The van der Waals surface area contributed by atoms with Crippen molar-refractivity contribution in [2.24, 2.45) is 0 Å². The molecule has 0 N–H and O–H groups in total. The van der Waals surface area contributed by atoms with Crippen LogP contribution in [0.1, 0.15) is 30.4 Å². The van der Waals surface area contributed by atoms with E-state index in [2.05, 4.69) is 25.1 Å². The Bertz CT molecular complexity index is 476. The second kappa shape index (κ2) is 5.68. The predicted octanol–water partition coefficient (Wildman–Crippen LogP) is 2.44. The van der Waals surface area contributed by atoms with E-state index in [1.165, 1.54) is 11.1 Å². The fourth-order valence-corrected chi connectivity index (χ4v) is 2.48. The van der Waals surface area contributed by atoms with Gasteiger partial charge in [0.05, 0.1) is 6.07 Å². The van der Waals surface area contributed by atoms with Gasteiger partial charge in [-0.15, -0.1) is 0 Å². The highest BCUT2D eigenvalue weighted by molar-refractivity contribution is 5.77. The minimum atomic E-state index is -0.200. The zero-order chi connectivity index (χ0) is 13.0. The van der Waals surface area contributed by atoms with Gasteiger partial charge in [-0.05, 0) is 37.3 Å². The number of carbonyl (C=O) groups is 1. The molecule has 0 bridgehead atoms. The Balaban J connectivity index is 1.93. The van der Waals surface area contributed by atoms with E-state index >= 15 is 0 Å². The minimum absolute atomic E-state index is 0.113. The van der Waals surface area contributed by atoms with E-state index in [-0.39, 0.29) is 11.9 Å². The summed E-state index contributed by atoms with van der Waals surface area (Å²) in [6.07, 6.45) is 3.05. The standard InChI is InChI=1S/C15H18N2O/c1-12-5-2-3-6-13(12)8-9-15(18)17-10-4-7-14(17)11-16/h2-3,5-6,14H,4,7-10H2,1H3. The minimum Gasteiger partial charge on any atom is -0.327 e. The molecular formula is C15H18N2O. The van der Waals surface area contributed by atoms with Gasteiger partial charge < -0.3 is 4.90 Å². The molecule has 1 aliphatic heterocycles. The number of likely N-dealkylation sites (tertiary alicyclic amines) is 1. The number of aryl methyl sites for hydroxylation is 2. The predicted molar refractivity (Wildman–Crippen MR) is 69.8 cm³/mol. The highest BCUT2D eigenvalue weighted by Gasteiger charge is 2.27. The third-order valence-corrected chi connectivity index (χ3v) is 3.59. The fraction of sp³-hybridized carbons (Fsp3) is 0.467. The Morgan fingerprint density at radius 1 is 1.50 bits per heavy atom. The first-order valence-electron chi connectivity index (χ1n) is 6.46. The van der Waals surface area contributed by atoms with E-state index in [0.717, 1.165) is 25.8 Å². The number of hydrogen-bond donors (Lipinski definition) is 0. The van der Waals surface area contributed by atoms with Gasteiger partial charge in [-0.2, -0.15) is 5.26 Å². The van der Waals surface area contributed by atoms with Gasteiger partial charge in [0.2, 0.25) is 5.91 Å². The van der Waals surface area contributed by atoms with Gasteiger partial charge in [-0.1, -0.05) is 24.3 Å². The maximum atomic E-state index is 12.1. The molecule has 1 aromatic rings. The topological polar surface area (TPSA) is 44.1 Å². The highest BCUT2D eigenvalue weighted by Crippen LogP contribution is 2.18. The summed E-state index contributed by atoms with van der Waals surface area (Å²) in [5.74, 6) is 0.113. The Kier molecular flexibility index (Phi) is 3.99. The lowest BCUT2D eigenvalue weighted by Gasteiger charge is -2.19. The average molecular weight is 242 g/mol. The summed E-state index contributed by atoms with van der Waals surface area (Å²) in [6.45, 7) is 2.80. The van der Waals surface area contributed by atoms with E-state index in [1.54, 1.807) is 4.90 Å². The van der Waals surface area contributed by atoms with E-state index in [4.69, 9.17) is 5.26 Å². The summed E-state index contributed by atoms with van der Waals surface area (Å²) in [6, 6.07) is 10.1. The van der Waals surface area contributed by atoms with Gasteiger partial charge in [-0.25, -0.2) is 0 Å². The van der Waals surface area contributed by atoms with Crippen molar-refractivity contribution in [3.8, 4) is 6.07 Å². The fourth-order valence-electron chi connectivity index (χ4n) is 2.48. The zero-order valence-corrected chi connectivity index (χ0v) is 10.7. The molecule has 1 aromatic carbocycles. The molecule has 3 nitrogen and oxygen atoms in total. The molecular weight excluding hydrogens is 224 g/mol. The molecule has 1 unspecified atom stereocenters. The van der Waals surface area contributed by atoms with E-state index in [1.807, 2.05) is 12.1 Å². The molecule has 1 saturated heterocycles. The van der Waals surface area contributed by atoms with Gasteiger partial charge in [0.1, 0.15) is 6.04 Å². The monoisotopic (exact) mass is 242 g/mol. The number of nitrogens with zero attached hydrogens (tertiary/aromatic N) is 2. The molecule has 0 aromatic heterocycles. The van der Waals surface area contributed by atoms with Gasteiger partial charge in [0, 0.05) is 13.0 Å². The first kappa shape index (κ1) is 12.6. The first-order chi connectivity index (χ1) is 8.72. The molecule has 0 saturated carbocycles. The zero-order valence-electron chi connectivity index (χ0n) is 10.7. The summed E-state index contributed by atoms with van der Waals surface area (Å²) < 4.78 is 0. The maximum absolute atomic E-state index is 12.1. The van der Waals surface area contributed by atoms with E-state index in [9.17, 15) is 4.79 Å². The summed E-state index contributed by atoms with van der Waals surface area (Å²) in [5, 5.41) is 8.97. The van der Waals surface area contributed by atoms with Crippen LogP contribution in [0.4, 0.5) is 0 Å². The van der Waals surface area contributed by atoms with Gasteiger partial charge in [-0.3, -0.25) is 4.79 Å². The van der Waals surface area contributed by atoms with E-state index < -0.39 is 0 Å². The second-order valence-corrected chi connectivity index (χ2v) is 4.80. The number of hydrogen-bond acceptors (Lipinski definition) is 2. The Labute approximate surface area is 108 Å². The lowest BCUT2D eigenvalue weighted by molar-refractivity contribution is -0.131. The van der Waals surface area contributed by atoms with Crippen LogP contribution in [0.3, 0.4) is 0 Å². The van der Waals surface area contributed by atoms with Gasteiger partial charge >= 0.3 is 0 Å².